The summed E-state index contributed by atoms with van der Waals surface area (Å²) in [7, 11) is 0. The summed E-state index contributed by atoms with van der Waals surface area (Å²) in [5.41, 5.74) is 16.1. The Morgan fingerprint density at radius 3 is 1.76 bits per heavy atom. The van der Waals surface area contributed by atoms with Gasteiger partial charge in [-0.15, -0.1) is 0 Å². The van der Waals surface area contributed by atoms with Gasteiger partial charge >= 0.3 is 0 Å². The minimum absolute atomic E-state index is 0.587. The fourth-order valence-electron chi connectivity index (χ4n) is 9.02. The highest BCUT2D eigenvalue weighted by molar-refractivity contribution is 6.06. The van der Waals surface area contributed by atoms with Crippen molar-refractivity contribution < 1.29 is 0 Å². The standard InChI is InChI=1S/C49H30N2/c1-2-15-32(16-3-1)47-40-22-10-13-25-45(40)50-48(51-47)33-26-28-38-36-19-7-6-18-35(36)37-20-8-11-23-41(37)49(44(38)30-33)42-24-12-9-21-39(42)46-34-17-5-4-14-31(34)27-29-43(46)49/h1-30H. The molecule has 2 aliphatic rings. The summed E-state index contributed by atoms with van der Waals surface area (Å²) in [6.07, 6.45) is 0. The molecule has 1 atom stereocenters. The Hall–Kier alpha value is -6.64. The smallest absolute Gasteiger partial charge is 0.160 e. The van der Waals surface area contributed by atoms with Gasteiger partial charge in [-0.05, 0) is 78.5 Å². The lowest BCUT2D eigenvalue weighted by atomic mass is 9.65. The molecule has 0 saturated carbocycles. The molecule has 2 heteroatoms. The van der Waals surface area contributed by atoms with Crippen LogP contribution < -0.4 is 0 Å². The lowest BCUT2D eigenvalue weighted by Crippen LogP contribution is -2.29. The zero-order chi connectivity index (χ0) is 33.5. The lowest BCUT2D eigenvalue weighted by Gasteiger charge is -2.35. The van der Waals surface area contributed by atoms with Crippen molar-refractivity contribution in [2.45, 2.75) is 5.41 Å². The van der Waals surface area contributed by atoms with E-state index in [9.17, 15) is 0 Å². The van der Waals surface area contributed by atoms with Crippen LogP contribution in [0.25, 0.3) is 77.7 Å². The Labute approximate surface area is 296 Å². The summed E-state index contributed by atoms with van der Waals surface area (Å²) in [4.78, 5) is 10.6. The molecule has 2 nitrogen and oxygen atoms in total. The van der Waals surface area contributed by atoms with E-state index in [0.717, 1.165) is 33.5 Å². The number of benzene rings is 8. The maximum atomic E-state index is 5.34. The van der Waals surface area contributed by atoms with Crippen LogP contribution in [0.15, 0.2) is 182 Å². The van der Waals surface area contributed by atoms with Crippen molar-refractivity contribution >= 4 is 21.7 Å². The Morgan fingerprint density at radius 2 is 0.961 bits per heavy atom. The second kappa shape index (κ2) is 10.7. The van der Waals surface area contributed by atoms with Crippen LogP contribution >= 0.6 is 0 Å². The molecule has 1 unspecified atom stereocenters. The zero-order valence-electron chi connectivity index (χ0n) is 27.7. The maximum absolute atomic E-state index is 5.34. The average Bonchev–Trinajstić information content (AvgIpc) is 3.46. The third kappa shape index (κ3) is 3.87. The number of nitrogens with zero attached hydrogens (tertiary/aromatic N) is 2. The van der Waals surface area contributed by atoms with Crippen LogP contribution in [0.5, 0.6) is 0 Å². The summed E-state index contributed by atoms with van der Waals surface area (Å²) >= 11 is 0. The molecule has 51 heavy (non-hydrogen) atoms. The van der Waals surface area contributed by atoms with E-state index in [1.807, 2.05) is 0 Å². The van der Waals surface area contributed by atoms with Crippen LogP contribution in [0, 0.1) is 0 Å². The molecular weight excluding hydrogens is 617 g/mol. The van der Waals surface area contributed by atoms with Gasteiger partial charge in [0.15, 0.2) is 5.82 Å². The summed E-state index contributed by atoms with van der Waals surface area (Å²) in [5, 5.41) is 3.58. The van der Waals surface area contributed by atoms with Gasteiger partial charge in [0, 0.05) is 16.5 Å². The summed E-state index contributed by atoms with van der Waals surface area (Å²) < 4.78 is 0. The number of hydrogen-bond donors (Lipinski definition) is 0. The van der Waals surface area contributed by atoms with E-state index in [1.54, 1.807) is 0 Å². The predicted molar refractivity (Wildman–Crippen MR) is 210 cm³/mol. The first kappa shape index (κ1) is 28.2. The molecule has 8 aromatic carbocycles. The van der Waals surface area contributed by atoms with Gasteiger partial charge in [-0.2, -0.15) is 0 Å². The van der Waals surface area contributed by atoms with Crippen molar-refractivity contribution in [3.05, 3.63) is 204 Å². The Morgan fingerprint density at radius 1 is 0.353 bits per heavy atom. The Bertz CT molecular complexity index is 2870. The van der Waals surface area contributed by atoms with E-state index in [4.69, 9.17) is 9.97 Å². The highest BCUT2D eigenvalue weighted by Gasteiger charge is 2.50. The van der Waals surface area contributed by atoms with Gasteiger partial charge < -0.3 is 0 Å². The normalized spacial score (nSPS) is 15.1. The van der Waals surface area contributed by atoms with Crippen LogP contribution in [0.4, 0.5) is 0 Å². The van der Waals surface area contributed by atoms with Crippen molar-refractivity contribution in [2.75, 3.05) is 0 Å². The van der Waals surface area contributed by atoms with Gasteiger partial charge in [-0.3, -0.25) is 0 Å². The molecule has 0 saturated heterocycles. The quantitative estimate of drug-likeness (QED) is 0.187. The van der Waals surface area contributed by atoms with E-state index in [-0.39, 0.29) is 0 Å². The fourth-order valence-corrected chi connectivity index (χ4v) is 9.02. The van der Waals surface area contributed by atoms with Crippen LogP contribution in [-0.4, -0.2) is 9.97 Å². The van der Waals surface area contributed by atoms with Crippen molar-refractivity contribution in [1.82, 2.24) is 9.97 Å². The van der Waals surface area contributed by atoms with Crippen molar-refractivity contribution in [3.63, 3.8) is 0 Å². The summed E-state index contributed by atoms with van der Waals surface area (Å²) in [6.45, 7) is 0. The van der Waals surface area contributed by atoms with E-state index in [0.29, 0.717) is 0 Å². The molecule has 0 bridgehead atoms. The minimum atomic E-state index is -0.587. The molecule has 0 fully saturated rings. The largest absolute Gasteiger partial charge is 0.228 e. The molecule has 11 rings (SSSR count). The SMILES string of the molecule is c1ccc(-c2nc(-c3ccc4c(c3)C3(c5ccccc5-c5ccccc5-4)c4ccccc4-c4c3ccc3ccccc43)nc3ccccc23)cc1. The number of aromatic nitrogens is 2. The second-order valence-corrected chi connectivity index (χ2v) is 13.6. The maximum Gasteiger partial charge on any atom is 0.160 e. The number of para-hydroxylation sites is 1. The molecule has 1 aromatic heterocycles. The van der Waals surface area contributed by atoms with Gasteiger partial charge in [0.1, 0.15) is 0 Å². The van der Waals surface area contributed by atoms with Crippen LogP contribution in [0.3, 0.4) is 0 Å². The molecule has 1 heterocycles. The third-order valence-corrected chi connectivity index (χ3v) is 11.1. The van der Waals surface area contributed by atoms with Gasteiger partial charge in [-0.25, -0.2) is 9.97 Å². The molecule has 0 radical (unpaired) electrons. The van der Waals surface area contributed by atoms with Crippen LogP contribution in [0.2, 0.25) is 0 Å². The van der Waals surface area contributed by atoms with E-state index in [1.165, 1.54) is 66.4 Å². The highest BCUT2D eigenvalue weighted by Crippen LogP contribution is 2.62. The number of rotatable bonds is 2. The first-order valence-electron chi connectivity index (χ1n) is 17.6. The molecule has 236 valence electrons. The van der Waals surface area contributed by atoms with Crippen LogP contribution in [0.1, 0.15) is 22.3 Å². The van der Waals surface area contributed by atoms with Gasteiger partial charge in [0.2, 0.25) is 0 Å². The highest BCUT2D eigenvalue weighted by atomic mass is 14.9. The van der Waals surface area contributed by atoms with E-state index in [2.05, 4.69) is 182 Å². The first-order chi connectivity index (χ1) is 25.3. The van der Waals surface area contributed by atoms with Crippen molar-refractivity contribution in [1.29, 1.82) is 0 Å². The van der Waals surface area contributed by atoms with Gasteiger partial charge in [0.25, 0.3) is 0 Å². The van der Waals surface area contributed by atoms with Gasteiger partial charge in [-0.1, -0.05) is 170 Å². The Kier molecular flexibility index (Phi) is 5.91. The second-order valence-electron chi connectivity index (χ2n) is 13.6. The first-order valence-corrected chi connectivity index (χ1v) is 17.6. The monoisotopic (exact) mass is 646 g/mol. The summed E-state index contributed by atoms with van der Waals surface area (Å²) in [6, 6.07) is 66.3. The van der Waals surface area contributed by atoms with Gasteiger partial charge in [0.05, 0.1) is 16.6 Å². The molecule has 0 aliphatic heterocycles. The Balaban J connectivity index is 1.29. The molecule has 0 N–H and O–H groups in total. The molecule has 0 amide bonds. The molecule has 2 aliphatic carbocycles. The van der Waals surface area contributed by atoms with Crippen molar-refractivity contribution in [3.8, 4) is 56.0 Å². The predicted octanol–water partition coefficient (Wildman–Crippen LogP) is 12.1. The molecular formula is C49H30N2. The fraction of sp³-hybridized carbons (Fsp3) is 0.0204. The molecule has 9 aromatic rings. The van der Waals surface area contributed by atoms with E-state index < -0.39 is 5.41 Å². The minimum Gasteiger partial charge on any atom is -0.228 e. The number of hydrogen-bond acceptors (Lipinski definition) is 2. The summed E-state index contributed by atoms with van der Waals surface area (Å²) in [5.74, 6) is 0.723. The van der Waals surface area contributed by atoms with Crippen LogP contribution in [-0.2, 0) is 5.41 Å². The molecule has 1 spiro atoms. The van der Waals surface area contributed by atoms with Crippen molar-refractivity contribution in [2.24, 2.45) is 0 Å². The average molecular weight is 647 g/mol. The third-order valence-electron chi connectivity index (χ3n) is 11.1. The number of fused-ring (bicyclic) bond motifs is 15. The lowest BCUT2D eigenvalue weighted by molar-refractivity contribution is 0.776. The van der Waals surface area contributed by atoms with E-state index >= 15 is 0 Å². The topological polar surface area (TPSA) is 25.8 Å². The zero-order valence-corrected chi connectivity index (χ0v) is 27.7.